The van der Waals surface area contributed by atoms with E-state index in [0.717, 1.165) is 56.3 Å². The number of benzene rings is 2. The van der Waals surface area contributed by atoms with E-state index < -0.39 is 24.4 Å². The minimum Gasteiger partial charge on any atom is -0.464 e. The number of furan rings is 2. The normalized spacial score (nSPS) is 15.0. The number of rotatable bonds is 10. The van der Waals surface area contributed by atoms with Crippen LogP contribution >= 0.6 is 0 Å². The summed E-state index contributed by atoms with van der Waals surface area (Å²) in [5.74, 6) is -1.43. The minimum absolute atomic E-state index is 0.0178. The van der Waals surface area contributed by atoms with Gasteiger partial charge in [-0.05, 0) is 60.1 Å². The zero-order valence-corrected chi connectivity index (χ0v) is 22.1. The van der Waals surface area contributed by atoms with Crippen molar-refractivity contribution in [3.63, 3.8) is 0 Å². The van der Waals surface area contributed by atoms with Gasteiger partial charge in [-0.3, -0.25) is 11.5 Å². The van der Waals surface area contributed by atoms with Crippen LogP contribution in [0.15, 0.2) is 69.9 Å². The molecule has 8 nitrogen and oxygen atoms in total. The van der Waals surface area contributed by atoms with E-state index in [0.29, 0.717) is 12.8 Å². The maximum atomic E-state index is 12.2. The Labute approximate surface area is 221 Å². The van der Waals surface area contributed by atoms with Gasteiger partial charge in [-0.1, -0.05) is 38.1 Å². The summed E-state index contributed by atoms with van der Waals surface area (Å²) in [6, 6.07) is 11.9. The molecule has 4 atom stereocenters. The van der Waals surface area contributed by atoms with Crippen molar-refractivity contribution in [2.75, 3.05) is 0 Å². The molecule has 4 aromatic rings. The first-order chi connectivity index (χ1) is 18.1. The van der Waals surface area contributed by atoms with Crippen LogP contribution in [0.3, 0.4) is 0 Å². The summed E-state index contributed by atoms with van der Waals surface area (Å²) in [4.78, 5) is 24.4. The minimum atomic E-state index is -0.848. The van der Waals surface area contributed by atoms with Crippen LogP contribution in [0, 0.1) is 13.8 Å². The smallest absolute Gasteiger partial charge is 0.332 e. The number of esters is 2. The van der Waals surface area contributed by atoms with Gasteiger partial charge in [0.05, 0.1) is 12.5 Å². The lowest BCUT2D eigenvalue weighted by molar-refractivity contribution is -0.146. The fourth-order valence-corrected chi connectivity index (χ4v) is 4.86. The predicted molar refractivity (Wildman–Crippen MR) is 145 cm³/mol. The highest BCUT2D eigenvalue weighted by molar-refractivity contribution is 5.91. The van der Waals surface area contributed by atoms with Crippen molar-refractivity contribution in [3.05, 3.63) is 83.3 Å². The predicted octanol–water partition coefficient (Wildman–Crippen LogP) is 5.70. The first-order valence-corrected chi connectivity index (χ1v) is 12.7. The summed E-state index contributed by atoms with van der Waals surface area (Å²) in [6.45, 7) is 7.99. The maximum absolute atomic E-state index is 12.2. The quantitative estimate of drug-likeness (QED) is 0.155. The number of carbonyl (C=O) groups is 2. The van der Waals surface area contributed by atoms with Crippen LogP contribution in [-0.2, 0) is 19.1 Å². The Balaban J connectivity index is 1.25. The average Bonchev–Trinajstić information content (AvgIpc) is 3.54. The molecule has 4 rings (SSSR count). The molecule has 200 valence electrons. The largest absolute Gasteiger partial charge is 0.464 e. The Morgan fingerprint density at radius 2 is 1.13 bits per heavy atom. The van der Waals surface area contributed by atoms with Gasteiger partial charge in [0.2, 0.25) is 0 Å². The van der Waals surface area contributed by atoms with E-state index in [9.17, 15) is 9.59 Å². The highest BCUT2D eigenvalue weighted by atomic mass is 16.6. The van der Waals surface area contributed by atoms with Crippen molar-refractivity contribution in [1.82, 2.24) is 0 Å². The van der Waals surface area contributed by atoms with Crippen molar-refractivity contribution in [2.45, 2.75) is 64.8 Å². The maximum Gasteiger partial charge on any atom is 0.332 e. The second-order valence-corrected chi connectivity index (χ2v) is 9.83. The fraction of sp³-hybridized carbons (Fsp3) is 0.333. The molecule has 8 heteroatoms. The molecule has 4 unspecified atom stereocenters. The van der Waals surface area contributed by atoms with Crippen LogP contribution in [0.5, 0.6) is 0 Å². The zero-order valence-electron chi connectivity index (χ0n) is 22.1. The van der Waals surface area contributed by atoms with E-state index in [1.807, 2.05) is 64.1 Å². The van der Waals surface area contributed by atoms with Crippen molar-refractivity contribution >= 4 is 33.9 Å². The molecule has 0 bridgehead atoms. The van der Waals surface area contributed by atoms with Crippen molar-refractivity contribution in [1.29, 1.82) is 0 Å². The van der Waals surface area contributed by atoms with Gasteiger partial charge < -0.3 is 18.3 Å². The Bertz CT molecular complexity index is 1360. The van der Waals surface area contributed by atoms with Crippen molar-refractivity contribution < 1.29 is 27.9 Å². The van der Waals surface area contributed by atoms with Crippen molar-refractivity contribution in [2.24, 2.45) is 11.5 Å². The summed E-state index contributed by atoms with van der Waals surface area (Å²) in [5.41, 5.74) is 18.0. The second kappa shape index (κ2) is 11.7. The number of nitrogens with two attached hydrogens (primary N) is 2. The molecule has 0 saturated heterocycles. The third-order valence-corrected chi connectivity index (χ3v) is 6.82. The molecule has 0 aliphatic heterocycles. The van der Waals surface area contributed by atoms with E-state index >= 15 is 0 Å². The molecule has 38 heavy (non-hydrogen) atoms. The standard InChI is InChI=1S/C30H34N2O6/c1-17-5-7-21(23-11-13-35-29(17)23)19(3)15-25(31)37-27(33)9-10-28(34)38-26(32)16-20(4)22-8-6-18(2)30-24(22)12-14-36-30/h5-14,19-20,25-26H,15-16,31-32H2,1-4H3/b10-9-. The molecule has 0 aliphatic rings. The molecular formula is C30H34N2O6. The SMILES string of the molecule is Cc1ccc(C(C)CC(N)OC(=O)/C=C\C(=O)OC(N)CC(C)c2ccc(C)c3occc23)c2ccoc12. The lowest BCUT2D eigenvalue weighted by Gasteiger charge is -2.19. The number of hydrogen-bond donors (Lipinski definition) is 2. The molecule has 2 aromatic carbocycles. The van der Waals surface area contributed by atoms with Gasteiger partial charge in [-0.15, -0.1) is 0 Å². The van der Waals surface area contributed by atoms with Crippen molar-refractivity contribution in [3.8, 4) is 0 Å². The number of hydrogen-bond acceptors (Lipinski definition) is 8. The van der Waals surface area contributed by atoms with Crippen LogP contribution < -0.4 is 11.5 Å². The molecule has 0 spiro atoms. The first-order valence-electron chi connectivity index (χ1n) is 12.7. The Morgan fingerprint density at radius 3 is 1.53 bits per heavy atom. The van der Waals surface area contributed by atoms with Gasteiger partial charge in [0.25, 0.3) is 0 Å². The fourth-order valence-electron chi connectivity index (χ4n) is 4.86. The lowest BCUT2D eigenvalue weighted by atomic mass is 9.93. The zero-order chi connectivity index (χ0) is 27.4. The van der Waals surface area contributed by atoms with Gasteiger partial charge in [0, 0.05) is 35.8 Å². The highest BCUT2D eigenvalue weighted by Crippen LogP contribution is 2.32. The van der Waals surface area contributed by atoms with Crippen LogP contribution in [0.25, 0.3) is 21.9 Å². The molecule has 0 aliphatic carbocycles. The summed E-state index contributed by atoms with van der Waals surface area (Å²) >= 11 is 0. The highest BCUT2D eigenvalue weighted by Gasteiger charge is 2.19. The monoisotopic (exact) mass is 518 g/mol. The number of aryl methyl sites for hydroxylation is 2. The molecule has 0 radical (unpaired) electrons. The summed E-state index contributed by atoms with van der Waals surface area (Å²) in [5, 5.41) is 2.03. The van der Waals surface area contributed by atoms with Gasteiger partial charge in [0.15, 0.2) is 12.5 Å². The summed E-state index contributed by atoms with van der Waals surface area (Å²) in [6.07, 6.45) is 4.42. The lowest BCUT2D eigenvalue weighted by Crippen LogP contribution is -2.29. The molecule has 0 fully saturated rings. The average molecular weight is 519 g/mol. The van der Waals surface area contributed by atoms with Gasteiger partial charge >= 0.3 is 11.9 Å². The molecular weight excluding hydrogens is 484 g/mol. The van der Waals surface area contributed by atoms with E-state index in [2.05, 4.69) is 0 Å². The van der Waals surface area contributed by atoms with Crippen LogP contribution in [0.4, 0.5) is 0 Å². The van der Waals surface area contributed by atoms with Gasteiger partial charge in [-0.25, -0.2) is 9.59 Å². The second-order valence-electron chi connectivity index (χ2n) is 9.83. The first kappa shape index (κ1) is 27.2. The third kappa shape index (κ3) is 6.15. The Morgan fingerprint density at radius 1 is 0.737 bits per heavy atom. The number of carbonyl (C=O) groups excluding carboxylic acids is 2. The van der Waals surface area contributed by atoms with Crippen LogP contribution in [0.1, 0.15) is 60.8 Å². The van der Waals surface area contributed by atoms with Gasteiger partial charge in [0.1, 0.15) is 11.2 Å². The van der Waals surface area contributed by atoms with Crippen LogP contribution in [-0.4, -0.2) is 24.4 Å². The third-order valence-electron chi connectivity index (χ3n) is 6.82. The Hall–Kier alpha value is -3.88. The number of ether oxygens (including phenoxy) is 2. The van der Waals surface area contributed by atoms with E-state index in [1.165, 1.54) is 0 Å². The van der Waals surface area contributed by atoms with E-state index in [-0.39, 0.29) is 11.8 Å². The molecule has 0 saturated carbocycles. The number of fused-ring (bicyclic) bond motifs is 2. The molecule has 4 N–H and O–H groups in total. The molecule has 0 amide bonds. The molecule has 2 heterocycles. The molecule has 2 aromatic heterocycles. The summed E-state index contributed by atoms with van der Waals surface area (Å²) in [7, 11) is 0. The Kier molecular flexibility index (Phi) is 8.34. The van der Waals surface area contributed by atoms with E-state index in [4.69, 9.17) is 29.8 Å². The topological polar surface area (TPSA) is 131 Å². The van der Waals surface area contributed by atoms with E-state index in [1.54, 1.807) is 12.5 Å². The summed E-state index contributed by atoms with van der Waals surface area (Å²) < 4.78 is 21.7. The van der Waals surface area contributed by atoms with Gasteiger partial charge in [-0.2, -0.15) is 0 Å². The van der Waals surface area contributed by atoms with Crippen LogP contribution in [0.2, 0.25) is 0 Å².